The molecule has 1 amide bonds. The Labute approximate surface area is 153 Å². The van der Waals surface area contributed by atoms with Crippen LogP contribution in [0.1, 0.15) is 18.9 Å². The van der Waals surface area contributed by atoms with Gasteiger partial charge in [0.25, 0.3) is 5.91 Å². The molecule has 26 heavy (non-hydrogen) atoms. The molecule has 0 aromatic heterocycles. The van der Waals surface area contributed by atoms with E-state index in [1.54, 1.807) is 31.3 Å². The third-order valence-corrected chi connectivity index (χ3v) is 4.38. The van der Waals surface area contributed by atoms with Crippen molar-refractivity contribution >= 4 is 17.7 Å². The van der Waals surface area contributed by atoms with Crippen molar-refractivity contribution in [3.63, 3.8) is 0 Å². The largest absolute Gasteiger partial charge is 0.493 e. The molecule has 136 valence electrons. The van der Waals surface area contributed by atoms with Crippen LogP contribution in [0.5, 0.6) is 17.2 Å². The first-order valence-electron chi connectivity index (χ1n) is 8.63. The van der Waals surface area contributed by atoms with Gasteiger partial charge in [-0.15, -0.1) is 0 Å². The summed E-state index contributed by atoms with van der Waals surface area (Å²) >= 11 is 0. The van der Waals surface area contributed by atoms with E-state index < -0.39 is 0 Å². The number of para-hydroxylation sites is 2. The molecule has 2 aromatic rings. The SMILES string of the molecule is CCC1CN(C(=O)/C=C/c2ccc(OC)c(OC)c2)c2ccccc2O1. The molecule has 0 saturated carbocycles. The Kier molecular flexibility index (Phi) is 5.46. The number of amides is 1. The zero-order valence-electron chi connectivity index (χ0n) is 15.3. The van der Waals surface area contributed by atoms with Crippen LogP contribution in [0.2, 0.25) is 0 Å². The van der Waals surface area contributed by atoms with E-state index in [-0.39, 0.29) is 12.0 Å². The summed E-state index contributed by atoms with van der Waals surface area (Å²) in [5.41, 5.74) is 1.67. The monoisotopic (exact) mass is 353 g/mol. The van der Waals surface area contributed by atoms with Crippen LogP contribution in [0, 0.1) is 0 Å². The van der Waals surface area contributed by atoms with Gasteiger partial charge < -0.3 is 19.1 Å². The molecule has 0 aliphatic carbocycles. The lowest BCUT2D eigenvalue weighted by Crippen LogP contribution is -2.42. The number of fused-ring (bicyclic) bond motifs is 1. The Morgan fingerprint density at radius 3 is 2.69 bits per heavy atom. The van der Waals surface area contributed by atoms with Crippen molar-refractivity contribution in [2.45, 2.75) is 19.4 Å². The van der Waals surface area contributed by atoms with Gasteiger partial charge in [-0.2, -0.15) is 0 Å². The number of hydrogen-bond acceptors (Lipinski definition) is 4. The second-order valence-corrected chi connectivity index (χ2v) is 6.01. The van der Waals surface area contributed by atoms with E-state index >= 15 is 0 Å². The van der Waals surface area contributed by atoms with Gasteiger partial charge in [-0.25, -0.2) is 0 Å². The van der Waals surface area contributed by atoms with Crippen molar-refractivity contribution in [2.24, 2.45) is 0 Å². The predicted octanol–water partition coefficient (Wildman–Crippen LogP) is 3.92. The summed E-state index contributed by atoms with van der Waals surface area (Å²) in [6.45, 7) is 2.60. The van der Waals surface area contributed by atoms with Gasteiger partial charge in [-0.05, 0) is 42.3 Å². The van der Waals surface area contributed by atoms with Crippen molar-refractivity contribution < 1.29 is 19.0 Å². The average molecular weight is 353 g/mol. The fourth-order valence-corrected chi connectivity index (χ4v) is 2.93. The van der Waals surface area contributed by atoms with Gasteiger partial charge in [0.1, 0.15) is 11.9 Å². The molecular weight excluding hydrogens is 330 g/mol. The molecule has 5 nitrogen and oxygen atoms in total. The summed E-state index contributed by atoms with van der Waals surface area (Å²) in [4.78, 5) is 14.6. The zero-order valence-corrected chi connectivity index (χ0v) is 15.3. The molecule has 0 radical (unpaired) electrons. The number of carbonyl (C=O) groups excluding carboxylic acids is 1. The third kappa shape index (κ3) is 3.67. The van der Waals surface area contributed by atoms with Crippen LogP contribution in [0.3, 0.4) is 0 Å². The van der Waals surface area contributed by atoms with E-state index in [1.807, 2.05) is 42.5 Å². The van der Waals surface area contributed by atoms with E-state index in [1.165, 1.54) is 0 Å². The second kappa shape index (κ2) is 7.95. The van der Waals surface area contributed by atoms with Crippen LogP contribution in [-0.2, 0) is 4.79 Å². The quantitative estimate of drug-likeness (QED) is 0.765. The molecule has 0 N–H and O–H groups in total. The lowest BCUT2D eigenvalue weighted by Gasteiger charge is -2.34. The highest BCUT2D eigenvalue weighted by Gasteiger charge is 2.27. The summed E-state index contributed by atoms with van der Waals surface area (Å²) in [7, 11) is 3.18. The van der Waals surface area contributed by atoms with Gasteiger partial charge in [0, 0.05) is 6.08 Å². The highest BCUT2D eigenvalue weighted by atomic mass is 16.5. The van der Waals surface area contributed by atoms with Crippen molar-refractivity contribution in [2.75, 3.05) is 25.7 Å². The molecule has 0 spiro atoms. The Hall–Kier alpha value is -2.95. The van der Waals surface area contributed by atoms with Gasteiger partial charge in [0.05, 0.1) is 26.5 Å². The topological polar surface area (TPSA) is 48.0 Å². The highest BCUT2D eigenvalue weighted by molar-refractivity contribution is 6.05. The lowest BCUT2D eigenvalue weighted by atomic mass is 10.1. The normalized spacial score (nSPS) is 16.1. The Morgan fingerprint density at radius 1 is 1.19 bits per heavy atom. The molecule has 1 atom stereocenters. The summed E-state index contributed by atoms with van der Waals surface area (Å²) in [6.07, 6.45) is 4.21. The number of methoxy groups -OCH3 is 2. The first-order valence-corrected chi connectivity index (χ1v) is 8.63. The molecule has 0 bridgehead atoms. The molecule has 1 aliphatic rings. The van der Waals surface area contributed by atoms with Crippen molar-refractivity contribution in [1.29, 1.82) is 0 Å². The summed E-state index contributed by atoms with van der Waals surface area (Å²) in [5, 5.41) is 0. The Morgan fingerprint density at radius 2 is 1.96 bits per heavy atom. The first-order chi connectivity index (χ1) is 12.7. The fraction of sp³-hybridized carbons (Fsp3) is 0.286. The zero-order chi connectivity index (χ0) is 18.5. The van der Waals surface area contributed by atoms with E-state index in [0.29, 0.717) is 18.0 Å². The van der Waals surface area contributed by atoms with Gasteiger partial charge in [-0.3, -0.25) is 4.79 Å². The number of hydrogen-bond donors (Lipinski definition) is 0. The molecule has 5 heteroatoms. The number of anilines is 1. The van der Waals surface area contributed by atoms with Gasteiger partial charge >= 0.3 is 0 Å². The smallest absolute Gasteiger partial charge is 0.251 e. The third-order valence-electron chi connectivity index (χ3n) is 4.38. The number of ether oxygens (including phenoxy) is 3. The average Bonchev–Trinajstić information content (AvgIpc) is 2.70. The maximum atomic E-state index is 12.8. The summed E-state index contributed by atoms with van der Waals surface area (Å²) in [6, 6.07) is 13.2. The van der Waals surface area contributed by atoms with Crippen LogP contribution < -0.4 is 19.1 Å². The maximum absolute atomic E-state index is 12.8. The number of rotatable bonds is 5. The van der Waals surface area contributed by atoms with Crippen LogP contribution in [0.4, 0.5) is 5.69 Å². The molecule has 0 fully saturated rings. The Balaban J connectivity index is 1.82. The summed E-state index contributed by atoms with van der Waals surface area (Å²) < 4.78 is 16.5. The molecular formula is C21H23NO4. The minimum Gasteiger partial charge on any atom is -0.493 e. The van der Waals surface area contributed by atoms with Gasteiger partial charge in [0.15, 0.2) is 11.5 Å². The lowest BCUT2D eigenvalue weighted by molar-refractivity contribution is -0.114. The first kappa shape index (κ1) is 17.9. The number of benzene rings is 2. The van der Waals surface area contributed by atoms with Crippen LogP contribution in [0.15, 0.2) is 48.5 Å². The number of carbonyl (C=O) groups is 1. The number of nitrogens with zero attached hydrogens (tertiary/aromatic N) is 1. The van der Waals surface area contributed by atoms with Crippen molar-refractivity contribution in [3.05, 3.63) is 54.1 Å². The fourth-order valence-electron chi connectivity index (χ4n) is 2.93. The Bertz CT molecular complexity index is 815. The highest BCUT2D eigenvalue weighted by Crippen LogP contribution is 2.34. The van der Waals surface area contributed by atoms with Gasteiger partial charge in [0.2, 0.25) is 0 Å². The summed E-state index contributed by atoms with van der Waals surface area (Å²) in [5.74, 6) is 1.96. The molecule has 1 heterocycles. The van der Waals surface area contributed by atoms with E-state index in [0.717, 1.165) is 23.4 Å². The van der Waals surface area contributed by atoms with Crippen LogP contribution >= 0.6 is 0 Å². The van der Waals surface area contributed by atoms with Crippen LogP contribution in [-0.4, -0.2) is 32.8 Å². The maximum Gasteiger partial charge on any atom is 0.251 e. The van der Waals surface area contributed by atoms with E-state index in [4.69, 9.17) is 14.2 Å². The van der Waals surface area contributed by atoms with Crippen LogP contribution in [0.25, 0.3) is 6.08 Å². The molecule has 0 saturated heterocycles. The minimum absolute atomic E-state index is 0.00308. The van der Waals surface area contributed by atoms with E-state index in [9.17, 15) is 4.79 Å². The second-order valence-electron chi connectivity index (χ2n) is 6.01. The van der Waals surface area contributed by atoms with Gasteiger partial charge in [-0.1, -0.05) is 25.1 Å². The predicted molar refractivity (Wildman–Crippen MR) is 102 cm³/mol. The van der Waals surface area contributed by atoms with E-state index in [2.05, 4.69) is 6.92 Å². The molecule has 1 aliphatic heterocycles. The van der Waals surface area contributed by atoms with Crippen molar-refractivity contribution in [3.8, 4) is 17.2 Å². The standard InChI is InChI=1S/C21H23NO4/c1-4-16-14-22(17-7-5-6-8-18(17)26-16)21(23)12-10-15-9-11-19(24-2)20(13-15)25-3/h5-13,16H,4,14H2,1-3H3/b12-10+. The molecule has 3 rings (SSSR count). The van der Waals surface area contributed by atoms with Crippen molar-refractivity contribution in [1.82, 2.24) is 0 Å². The molecule has 1 unspecified atom stereocenters. The minimum atomic E-state index is -0.0750. The molecule has 2 aromatic carbocycles.